The van der Waals surface area contributed by atoms with E-state index in [9.17, 15) is 38.4 Å². The van der Waals surface area contributed by atoms with Crippen molar-refractivity contribution in [1.29, 1.82) is 0 Å². The average molecular weight is 603 g/mol. The Morgan fingerprint density at radius 1 is 0.821 bits per heavy atom. The molecule has 0 spiro atoms. The maximum Gasteiger partial charge on any atom is 0.573 e. The lowest BCUT2D eigenvalue weighted by molar-refractivity contribution is -0.274. The third-order valence-electron chi connectivity index (χ3n) is 5.59. The second-order valence-electron chi connectivity index (χ2n) is 8.51. The molecule has 0 radical (unpaired) electrons. The fourth-order valence-electron chi connectivity index (χ4n) is 3.90. The van der Waals surface area contributed by atoms with Gasteiger partial charge in [-0.2, -0.15) is 0 Å². The Morgan fingerprint density at radius 3 is 1.95 bits per heavy atom. The van der Waals surface area contributed by atoms with Crippen LogP contribution >= 0.6 is 0 Å². The number of benzene rings is 3. The highest BCUT2D eigenvalue weighted by molar-refractivity contribution is 7.93. The first-order valence-electron chi connectivity index (χ1n) is 11.0. The highest BCUT2D eigenvalue weighted by Gasteiger charge is 2.33. The van der Waals surface area contributed by atoms with Crippen molar-refractivity contribution in [2.45, 2.75) is 34.1 Å². The van der Waals surface area contributed by atoms with E-state index in [4.69, 9.17) is 0 Å². The van der Waals surface area contributed by atoms with Crippen molar-refractivity contribution >= 4 is 40.8 Å². The smallest absolute Gasteiger partial charge is 0.406 e. The van der Waals surface area contributed by atoms with Gasteiger partial charge < -0.3 is 4.74 Å². The van der Waals surface area contributed by atoms with E-state index >= 15 is 0 Å². The minimum atomic E-state index is -4.98. The van der Waals surface area contributed by atoms with Gasteiger partial charge in [0.15, 0.2) is 5.03 Å². The van der Waals surface area contributed by atoms with Gasteiger partial charge >= 0.3 is 6.36 Å². The lowest BCUT2D eigenvalue weighted by atomic mass is 10.1. The zero-order valence-corrected chi connectivity index (χ0v) is 22.7. The van der Waals surface area contributed by atoms with Gasteiger partial charge in [-0.3, -0.25) is 0 Å². The third-order valence-corrected chi connectivity index (χ3v) is 9.97. The first-order chi connectivity index (χ1) is 18.0. The summed E-state index contributed by atoms with van der Waals surface area (Å²) in [4.78, 5) is -0.725. The number of sulfonamides is 1. The SMILES string of the molecule is C[C@H](NS(C)(=O)=O)c1ccc(S(=O)(=O)c2cc3ccccc3n2S(=O)(=O)c2ccc(OC(F)(F)F)cc2)cc1. The number of hydrogen-bond donors (Lipinski definition) is 1. The molecule has 0 aliphatic heterocycles. The Balaban J connectivity index is 1.81. The van der Waals surface area contributed by atoms with Crippen LogP contribution in [0.2, 0.25) is 0 Å². The number of fused-ring (bicyclic) bond motifs is 1. The van der Waals surface area contributed by atoms with Crippen LogP contribution in [0.4, 0.5) is 13.2 Å². The Hall–Kier alpha value is -3.40. The predicted octanol–water partition coefficient (Wildman–Crippen LogP) is 4.22. The van der Waals surface area contributed by atoms with Gasteiger partial charge in [-0.1, -0.05) is 30.3 Å². The number of aromatic nitrogens is 1. The molecule has 0 fully saturated rings. The van der Waals surface area contributed by atoms with E-state index in [1.807, 2.05) is 0 Å². The molecular formula is C24H21F3N2O7S3. The van der Waals surface area contributed by atoms with Crippen molar-refractivity contribution in [3.63, 3.8) is 0 Å². The van der Waals surface area contributed by atoms with Crippen LogP contribution < -0.4 is 9.46 Å². The quantitative estimate of drug-likeness (QED) is 0.320. The van der Waals surface area contributed by atoms with Gasteiger partial charge in [-0.05, 0) is 61.0 Å². The van der Waals surface area contributed by atoms with Crippen molar-refractivity contribution in [1.82, 2.24) is 8.69 Å². The van der Waals surface area contributed by atoms with Crippen molar-refractivity contribution in [2.24, 2.45) is 0 Å². The van der Waals surface area contributed by atoms with Crippen molar-refractivity contribution in [2.75, 3.05) is 6.26 Å². The molecule has 1 aromatic heterocycles. The zero-order chi connectivity index (χ0) is 28.8. The van der Waals surface area contributed by atoms with E-state index in [0.717, 1.165) is 30.5 Å². The summed E-state index contributed by atoms with van der Waals surface area (Å²) in [5, 5.41) is -0.298. The molecule has 0 bridgehead atoms. The third kappa shape index (κ3) is 6.11. The van der Waals surface area contributed by atoms with Crippen molar-refractivity contribution in [3.05, 3.63) is 84.4 Å². The van der Waals surface area contributed by atoms with E-state index in [1.165, 1.54) is 48.5 Å². The summed E-state index contributed by atoms with van der Waals surface area (Å²) in [5.74, 6) is -0.647. The summed E-state index contributed by atoms with van der Waals surface area (Å²) in [6.45, 7) is 1.57. The molecule has 4 rings (SSSR count). The molecule has 0 aliphatic rings. The van der Waals surface area contributed by atoms with E-state index in [1.54, 1.807) is 13.0 Å². The molecule has 0 unspecified atom stereocenters. The fraction of sp³-hybridized carbons (Fsp3) is 0.167. The zero-order valence-electron chi connectivity index (χ0n) is 20.2. The second-order valence-corrected chi connectivity index (χ2v) is 14.0. The minimum absolute atomic E-state index is 0.0364. The van der Waals surface area contributed by atoms with Crippen molar-refractivity contribution < 1.29 is 43.2 Å². The number of para-hydroxylation sites is 1. The van der Waals surface area contributed by atoms with Crippen LogP contribution in [-0.2, 0) is 29.9 Å². The van der Waals surface area contributed by atoms with Gasteiger partial charge in [0.05, 0.1) is 21.6 Å². The maximum absolute atomic E-state index is 13.7. The molecule has 0 saturated heterocycles. The van der Waals surface area contributed by atoms with Crippen molar-refractivity contribution in [3.8, 4) is 5.75 Å². The summed E-state index contributed by atoms with van der Waals surface area (Å²) in [5.41, 5.74) is 0.503. The predicted molar refractivity (Wildman–Crippen MR) is 136 cm³/mol. The van der Waals surface area contributed by atoms with Gasteiger partial charge in [0, 0.05) is 11.4 Å². The normalized spacial score (nSPS) is 13.9. The topological polar surface area (TPSA) is 129 Å². The lowest BCUT2D eigenvalue weighted by Gasteiger charge is -2.15. The van der Waals surface area contributed by atoms with Gasteiger partial charge in [-0.15, -0.1) is 13.2 Å². The number of alkyl halides is 3. The van der Waals surface area contributed by atoms with E-state index < -0.39 is 58.0 Å². The second kappa shape index (κ2) is 9.97. The van der Waals surface area contributed by atoms with Crippen LogP contribution in [0.5, 0.6) is 5.75 Å². The average Bonchev–Trinajstić information content (AvgIpc) is 3.24. The number of halogens is 3. The first kappa shape index (κ1) is 28.6. The van der Waals surface area contributed by atoms with E-state index in [-0.39, 0.29) is 10.4 Å². The number of nitrogens with one attached hydrogen (secondary N) is 1. The largest absolute Gasteiger partial charge is 0.573 e. The minimum Gasteiger partial charge on any atom is -0.406 e. The Morgan fingerprint density at radius 2 is 1.38 bits per heavy atom. The molecule has 15 heteroatoms. The Kier molecular flexibility index (Phi) is 7.31. The molecule has 1 atom stereocenters. The van der Waals surface area contributed by atoms with Gasteiger partial charge in [0.25, 0.3) is 10.0 Å². The molecule has 39 heavy (non-hydrogen) atoms. The van der Waals surface area contributed by atoms with Gasteiger partial charge in [0.1, 0.15) is 5.75 Å². The lowest BCUT2D eigenvalue weighted by Crippen LogP contribution is -2.25. The Labute approximate surface area is 222 Å². The maximum atomic E-state index is 13.7. The summed E-state index contributed by atoms with van der Waals surface area (Å²) in [7, 11) is -12.6. The molecule has 0 saturated carbocycles. The first-order valence-corrected chi connectivity index (χ1v) is 15.8. The van der Waals surface area contributed by atoms with Crippen LogP contribution in [0.25, 0.3) is 10.9 Å². The molecular weight excluding hydrogens is 581 g/mol. The Bertz CT molecular complexity index is 1850. The molecule has 0 aliphatic carbocycles. The number of sulfone groups is 1. The monoisotopic (exact) mass is 602 g/mol. The summed E-state index contributed by atoms with van der Waals surface area (Å²) >= 11 is 0. The van der Waals surface area contributed by atoms with Crippen LogP contribution in [0, 0.1) is 0 Å². The van der Waals surface area contributed by atoms with Crippen LogP contribution in [0.15, 0.2) is 93.7 Å². The summed E-state index contributed by atoms with van der Waals surface area (Å²) < 4.78 is 122. The molecule has 4 aromatic rings. The molecule has 3 aromatic carbocycles. The summed E-state index contributed by atoms with van der Waals surface area (Å²) in [6.07, 6.45) is -4.00. The standard InChI is InChI=1S/C24H21F3N2O7S3/c1-16(28-37(2,30)31)17-7-11-20(12-8-17)38(32,33)23-15-18-5-3-4-6-22(18)29(23)39(34,35)21-13-9-19(10-14-21)36-24(25,26)27/h3-16,28H,1-2H3/t16-/m0/s1. The summed E-state index contributed by atoms with van der Waals surface area (Å²) in [6, 6.07) is 15.2. The van der Waals surface area contributed by atoms with E-state index in [0.29, 0.717) is 14.9 Å². The van der Waals surface area contributed by atoms with Gasteiger partial charge in [0.2, 0.25) is 19.9 Å². The van der Waals surface area contributed by atoms with Gasteiger partial charge in [-0.25, -0.2) is 33.9 Å². The number of hydrogen-bond acceptors (Lipinski definition) is 7. The molecule has 9 nitrogen and oxygen atoms in total. The molecule has 1 heterocycles. The number of nitrogens with zero attached hydrogens (tertiary/aromatic N) is 1. The fourth-order valence-corrected chi connectivity index (χ4v) is 8.01. The molecule has 1 N–H and O–H groups in total. The highest BCUT2D eigenvalue weighted by atomic mass is 32.2. The van der Waals surface area contributed by atoms with E-state index in [2.05, 4.69) is 9.46 Å². The molecule has 0 amide bonds. The van der Waals surface area contributed by atoms with Crippen LogP contribution in [-0.4, -0.2) is 41.8 Å². The number of rotatable bonds is 8. The van der Waals surface area contributed by atoms with Crippen LogP contribution in [0.3, 0.4) is 0 Å². The van der Waals surface area contributed by atoms with Crippen LogP contribution in [0.1, 0.15) is 18.5 Å². The number of ether oxygens (including phenoxy) is 1. The molecule has 208 valence electrons. The highest BCUT2D eigenvalue weighted by Crippen LogP contribution is 2.33.